The maximum atomic E-state index is 12.5. The fraction of sp³-hybridized carbons (Fsp3) is 0.400. The number of hydrogen-bond donors (Lipinski definition) is 2. The summed E-state index contributed by atoms with van der Waals surface area (Å²) in [5, 5.41) is 2.81. The number of ether oxygens (including phenoxy) is 1. The van der Waals surface area contributed by atoms with E-state index < -0.39 is 11.2 Å². The lowest BCUT2D eigenvalue weighted by atomic mass is 9.96. The Morgan fingerprint density at radius 2 is 2.00 bits per heavy atom. The molecule has 2 rings (SSSR count). The number of H-pyrrole nitrogens is 1. The standard InChI is InChI=1S/C20H25N3O4S/c1-4-14(15-8-6-5-7-9-15)12-21-19(26)13(2)28-20-22-16(10-17(24)23-20)11-18(25)27-3/h5-10,13-14H,4,11-12H2,1-3H3,(H,21,26)(H,22,23,24)/t13-,14-/m1/s1. The third-order valence-electron chi connectivity index (χ3n) is 4.27. The van der Waals surface area contributed by atoms with Crippen molar-refractivity contribution in [2.75, 3.05) is 13.7 Å². The van der Waals surface area contributed by atoms with Crippen LogP contribution in [0.5, 0.6) is 0 Å². The summed E-state index contributed by atoms with van der Waals surface area (Å²) in [5.74, 6) is -0.379. The van der Waals surface area contributed by atoms with Gasteiger partial charge >= 0.3 is 5.97 Å². The highest BCUT2D eigenvalue weighted by atomic mass is 32.2. The van der Waals surface area contributed by atoms with Gasteiger partial charge in [-0.15, -0.1) is 0 Å². The normalized spacial score (nSPS) is 12.8. The molecule has 0 saturated heterocycles. The summed E-state index contributed by atoms with van der Waals surface area (Å²) in [6, 6.07) is 11.3. The Hall–Kier alpha value is -2.61. The number of aromatic nitrogens is 2. The molecule has 150 valence electrons. The second-order valence-electron chi connectivity index (χ2n) is 6.32. The topological polar surface area (TPSA) is 101 Å². The number of amides is 1. The lowest BCUT2D eigenvalue weighted by molar-refractivity contribution is -0.139. The van der Waals surface area contributed by atoms with Crippen LogP contribution in [0.1, 0.15) is 37.4 Å². The molecule has 1 aromatic carbocycles. The van der Waals surface area contributed by atoms with E-state index in [1.807, 2.05) is 18.2 Å². The second-order valence-corrected chi connectivity index (χ2v) is 7.65. The van der Waals surface area contributed by atoms with Gasteiger partial charge in [-0.25, -0.2) is 4.98 Å². The van der Waals surface area contributed by atoms with Crippen LogP contribution in [0.3, 0.4) is 0 Å². The van der Waals surface area contributed by atoms with Crippen molar-refractivity contribution in [3.63, 3.8) is 0 Å². The van der Waals surface area contributed by atoms with Crippen LogP contribution in [-0.2, 0) is 20.7 Å². The molecule has 2 aromatic rings. The van der Waals surface area contributed by atoms with Crippen molar-refractivity contribution in [1.29, 1.82) is 0 Å². The molecular formula is C20H25N3O4S. The highest BCUT2D eigenvalue weighted by Crippen LogP contribution is 2.21. The van der Waals surface area contributed by atoms with Gasteiger partial charge in [0.25, 0.3) is 5.56 Å². The number of rotatable bonds is 9. The highest BCUT2D eigenvalue weighted by molar-refractivity contribution is 8.00. The van der Waals surface area contributed by atoms with Crippen molar-refractivity contribution >= 4 is 23.6 Å². The smallest absolute Gasteiger partial charge is 0.311 e. The Bertz CT molecular complexity index is 854. The Morgan fingerprint density at radius 3 is 2.64 bits per heavy atom. The lowest BCUT2D eigenvalue weighted by Crippen LogP contribution is -2.34. The van der Waals surface area contributed by atoms with Crippen molar-refractivity contribution in [2.24, 2.45) is 0 Å². The number of hydrogen-bond acceptors (Lipinski definition) is 6. The van der Waals surface area contributed by atoms with E-state index in [0.29, 0.717) is 17.4 Å². The maximum Gasteiger partial charge on any atom is 0.311 e. The molecule has 0 saturated carbocycles. The Morgan fingerprint density at radius 1 is 1.29 bits per heavy atom. The first kappa shape index (κ1) is 21.7. The van der Waals surface area contributed by atoms with Crippen molar-refractivity contribution in [3.05, 3.63) is 58.0 Å². The monoisotopic (exact) mass is 403 g/mol. The van der Waals surface area contributed by atoms with E-state index in [-0.39, 0.29) is 23.8 Å². The van der Waals surface area contributed by atoms with Gasteiger partial charge in [0.2, 0.25) is 5.91 Å². The first-order valence-corrected chi connectivity index (χ1v) is 9.97. The van der Waals surface area contributed by atoms with Gasteiger partial charge < -0.3 is 15.0 Å². The van der Waals surface area contributed by atoms with Gasteiger partial charge in [0, 0.05) is 18.5 Å². The Labute approximate surface area is 168 Å². The molecule has 2 N–H and O–H groups in total. The predicted octanol–water partition coefficient (Wildman–Crippen LogP) is 2.28. The molecule has 0 unspecified atom stereocenters. The van der Waals surface area contributed by atoms with Gasteiger partial charge in [-0.05, 0) is 18.9 Å². The van der Waals surface area contributed by atoms with Crippen LogP contribution in [0, 0.1) is 0 Å². The fourth-order valence-electron chi connectivity index (χ4n) is 2.66. The number of benzene rings is 1. The Balaban J connectivity index is 1.96. The largest absolute Gasteiger partial charge is 0.469 e. The van der Waals surface area contributed by atoms with E-state index in [1.165, 1.54) is 18.7 Å². The third-order valence-corrected chi connectivity index (χ3v) is 5.25. The van der Waals surface area contributed by atoms with E-state index in [1.54, 1.807) is 6.92 Å². The second kappa shape index (κ2) is 10.7. The molecule has 7 nitrogen and oxygen atoms in total. The third kappa shape index (κ3) is 6.53. The summed E-state index contributed by atoms with van der Waals surface area (Å²) in [7, 11) is 1.27. The summed E-state index contributed by atoms with van der Waals surface area (Å²) in [6.45, 7) is 4.37. The van der Waals surface area contributed by atoms with E-state index in [0.717, 1.165) is 18.2 Å². The molecule has 0 fully saturated rings. The van der Waals surface area contributed by atoms with E-state index in [2.05, 4.69) is 39.1 Å². The van der Waals surface area contributed by atoms with Crippen LogP contribution in [-0.4, -0.2) is 40.7 Å². The van der Waals surface area contributed by atoms with Crippen LogP contribution in [0.25, 0.3) is 0 Å². The zero-order valence-electron chi connectivity index (χ0n) is 16.2. The number of carbonyl (C=O) groups is 2. The predicted molar refractivity (Wildman–Crippen MR) is 108 cm³/mol. The minimum atomic E-state index is -0.480. The van der Waals surface area contributed by atoms with Crippen molar-refractivity contribution < 1.29 is 14.3 Å². The van der Waals surface area contributed by atoms with Crippen LogP contribution in [0.15, 0.2) is 46.3 Å². The average Bonchev–Trinajstić information content (AvgIpc) is 2.68. The SMILES string of the molecule is CC[C@H](CNC(=O)[C@@H](C)Sc1nc(CC(=O)OC)cc(=O)[nH]1)c1ccccc1. The number of aromatic amines is 1. The lowest BCUT2D eigenvalue weighted by Gasteiger charge is -2.18. The van der Waals surface area contributed by atoms with Gasteiger partial charge in [0.15, 0.2) is 5.16 Å². The summed E-state index contributed by atoms with van der Waals surface area (Å²) in [4.78, 5) is 42.5. The van der Waals surface area contributed by atoms with Gasteiger partial charge in [-0.3, -0.25) is 14.4 Å². The number of thioether (sulfide) groups is 1. The number of methoxy groups -OCH3 is 1. The van der Waals surface area contributed by atoms with Gasteiger partial charge in [0.05, 0.1) is 24.5 Å². The molecule has 1 amide bonds. The minimum Gasteiger partial charge on any atom is -0.469 e. The van der Waals surface area contributed by atoms with Gasteiger partial charge in [-0.2, -0.15) is 0 Å². The summed E-state index contributed by atoms with van der Waals surface area (Å²) in [6.07, 6.45) is 0.820. The molecule has 0 aliphatic heterocycles. The molecule has 0 radical (unpaired) electrons. The van der Waals surface area contributed by atoms with Crippen molar-refractivity contribution in [2.45, 2.75) is 43.0 Å². The number of nitrogens with one attached hydrogen (secondary N) is 2. The van der Waals surface area contributed by atoms with Crippen LogP contribution < -0.4 is 10.9 Å². The van der Waals surface area contributed by atoms with Crippen LogP contribution in [0.2, 0.25) is 0 Å². The first-order valence-electron chi connectivity index (χ1n) is 9.09. The molecule has 0 bridgehead atoms. The average molecular weight is 404 g/mol. The molecule has 28 heavy (non-hydrogen) atoms. The molecule has 0 aliphatic rings. The summed E-state index contributed by atoms with van der Waals surface area (Å²) < 4.78 is 4.59. The van der Waals surface area contributed by atoms with E-state index >= 15 is 0 Å². The van der Waals surface area contributed by atoms with Crippen molar-refractivity contribution in [3.8, 4) is 0 Å². The molecule has 1 aromatic heterocycles. The number of carbonyl (C=O) groups excluding carboxylic acids is 2. The molecule has 2 atom stereocenters. The molecule has 0 aliphatic carbocycles. The Kier molecular flexibility index (Phi) is 8.25. The van der Waals surface area contributed by atoms with Gasteiger partial charge in [-0.1, -0.05) is 49.0 Å². The fourth-order valence-corrected chi connectivity index (χ4v) is 3.52. The summed E-state index contributed by atoms with van der Waals surface area (Å²) >= 11 is 1.14. The molecule has 1 heterocycles. The zero-order chi connectivity index (χ0) is 20.5. The number of esters is 1. The molecular weight excluding hydrogens is 378 g/mol. The molecule has 8 heteroatoms. The zero-order valence-corrected chi connectivity index (χ0v) is 17.0. The molecule has 0 spiro atoms. The maximum absolute atomic E-state index is 12.5. The van der Waals surface area contributed by atoms with Crippen LogP contribution in [0.4, 0.5) is 0 Å². The van der Waals surface area contributed by atoms with E-state index in [4.69, 9.17) is 0 Å². The van der Waals surface area contributed by atoms with Crippen LogP contribution >= 0.6 is 11.8 Å². The summed E-state index contributed by atoms with van der Waals surface area (Å²) in [5.41, 5.74) is 1.12. The first-order chi connectivity index (χ1) is 13.4. The van der Waals surface area contributed by atoms with Gasteiger partial charge in [0.1, 0.15) is 0 Å². The highest BCUT2D eigenvalue weighted by Gasteiger charge is 2.18. The quantitative estimate of drug-likeness (QED) is 0.378. The number of nitrogens with zero attached hydrogens (tertiary/aromatic N) is 1. The van der Waals surface area contributed by atoms with Crippen molar-refractivity contribution in [1.82, 2.24) is 15.3 Å². The minimum absolute atomic E-state index is 0.0934. The van der Waals surface area contributed by atoms with E-state index in [9.17, 15) is 14.4 Å².